The second-order valence-corrected chi connectivity index (χ2v) is 5.38. The highest BCUT2D eigenvalue weighted by Gasteiger charge is 2.55. The molecule has 0 aliphatic heterocycles. The third-order valence-corrected chi connectivity index (χ3v) is 3.91. The number of hydrogen-bond donors (Lipinski definition) is 1. The van der Waals surface area contributed by atoms with Crippen LogP contribution in [0.4, 0.5) is 0 Å². The summed E-state index contributed by atoms with van der Waals surface area (Å²) in [4.78, 5) is 0. The molecule has 2 fully saturated rings. The Labute approximate surface area is 73.7 Å². The van der Waals surface area contributed by atoms with Crippen LogP contribution in [-0.4, -0.2) is 10.9 Å². The molecule has 2 bridgehead atoms. The fourth-order valence-electron chi connectivity index (χ4n) is 3.25. The quantitative estimate of drug-likeness (QED) is 0.436. The van der Waals surface area contributed by atoms with Gasteiger partial charge in [0.15, 0.2) is 0 Å². The van der Waals surface area contributed by atoms with Crippen molar-refractivity contribution in [2.24, 2.45) is 21.9 Å². The number of rotatable bonds is 0. The molecule has 68 valence electrons. The molecule has 2 aliphatic carbocycles. The van der Waals surface area contributed by atoms with Crippen LogP contribution in [0.1, 0.15) is 40.0 Å². The van der Waals surface area contributed by atoms with Crippen molar-refractivity contribution in [1.29, 1.82) is 0 Å². The largest absolute Gasteiger partial charge is 0.411 e. The number of fused-ring (bicyclic) bond motifs is 2. The minimum atomic E-state index is 0.211. The number of oxime groups is 1. The zero-order chi connectivity index (χ0) is 8.98. The number of hydrogen-bond acceptors (Lipinski definition) is 2. The fourth-order valence-corrected chi connectivity index (χ4v) is 3.25. The lowest BCUT2D eigenvalue weighted by Crippen LogP contribution is -2.30. The molecule has 2 atom stereocenters. The molecule has 2 rings (SSSR count). The summed E-state index contributed by atoms with van der Waals surface area (Å²) in [5.74, 6) is 0.744. The standard InChI is InChI=1S/C10H17NO/c1-9(2)6-10(3)5-7(9)4-8(10)11-12/h7,12H,4-6H2,1-3H3/b11-8-/t7-,10+/m1/s1. The van der Waals surface area contributed by atoms with Crippen molar-refractivity contribution in [1.82, 2.24) is 0 Å². The first kappa shape index (κ1) is 8.09. The molecule has 0 saturated heterocycles. The van der Waals surface area contributed by atoms with Crippen molar-refractivity contribution in [2.45, 2.75) is 40.0 Å². The molecule has 0 radical (unpaired) electrons. The van der Waals surface area contributed by atoms with E-state index in [2.05, 4.69) is 25.9 Å². The smallest absolute Gasteiger partial charge is 0.0632 e. The fraction of sp³-hybridized carbons (Fsp3) is 0.900. The van der Waals surface area contributed by atoms with E-state index in [9.17, 15) is 0 Å². The van der Waals surface area contributed by atoms with E-state index in [1.165, 1.54) is 12.8 Å². The Bertz CT molecular complexity index is 244. The van der Waals surface area contributed by atoms with Crippen LogP contribution in [-0.2, 0) is 0 Å². The van der Waals surface area contributed by atoms with Crippen LogP contribution in [0.15, 0.2) is 5.16 Å². The maximum absolute atomic E-state index is 8.81. The third-order valence-electron chi connectivity index (χ3n) is 3.91. The third kappa shape index (κ3) is 0.838. The van der Waals surface area contributed by atoms with Gasteiger partial charge in [-0.1, -0.05) is 25.9 Å². The van der Waals surface area contributed by atoms with E-state index in [0.717, 1.165) is 18.1 Å². The van der Waals surface area contributed by atoms with Crippen LogP contribution in [0, 0.1) is 16.7 Å². The van der Waals surface area contributed by atoms with Crippen LogP contribution in [0.5, 0.6) is 0 Å². The molecule has 0 aromatic heterocycles. The van der Waals surface area contributed by atoms with Crippen LogP contribution in [0.2, 0.25) is 0 Å². The summed E-state index contributed by atoms with van der Waals surface area (Å²) in [6.45, 7) is 6.89. The monoisotopic (exact) mass is 167 g/mol. The molecule has 0 unspecified atom stereocenters. The summed E-state index contributed by atoms with van der Waals surface area (Å²) < 4.78 is 0. The highest BCUT2D eigenvalue weighted by molar-refractivity contribution is 5.92. The van der Waals surface area contributed by atoms with Gasteiger partial charge in [-0.25, -0.2) is 0 Å². The summed E-state index contributed by atoms with van der Waals surface area (Å²) in [5, 5.41) is 12.2. The Morgan fingerprint density at radius 1 is 1.42 bits per heavy atom. The molecule has 0 heterocycles. The molecule has 2 aliphatic rings. The normalized spacial score (nSPS) is 47.2. The van der Waals surface area contributed by atoms with Gasteiger partial charge in [0.25, 0.3) is 0 Å². The first-order chi connectivity index (χ1) is 5.48. The van der Waals surface area contributed by atoms with Crippen LogP contribution in [0.3, 0.4) is 0 Å². The highest BCUT2D eigenvalue weighted by Crippen LogP contribution is 2.60. The van der Waals surface area contributed by atoms with Gasteiger partial charge in [0, 0.05) is 5.41 Å². The Kier molecular flexibility index (Phi) is 1.37. The molecule has 2 nitrogen and oxygen atoms in total. The molecular formula is C10H17NO. The summed E-state index contributed by atoms with van der Waals surface area (Å²) in [6.07, 6.45) is 3.42. The van der Waals surface area contributed by atoms with E-state index in [-0.39, 0.29) is 5.41 Å². The van der Waals surface area contributed by atoms with Crippen LogP contribution >= 0.6 is 0 Å². The van der Waals surface area contributed by atoms with E-state index in [1.54, 1.807) is 0 Å². The first-order valence-electron chi connectivity index (χ1n) is 4.69. The molecule has 2 heteroatoms. The second-order valence-electron chi connectivity index (χ2n) is 5.38. The Morgan fingerprint density at radius 3 is 2.42 bits per heavy atom. The molecule has 0 aromatic rings. The average Bonchev–Trinajstić information content (AvgIpc) is 2.34. The van der Waals surface area contributed by atoms with Crippen molar-refractivity contribution in [2.75, 3.05) is 0 Å². The molecule has 2 saturated carbocycles. The van der Waals surface area contributed by atoms with Crippen molar-refractivity contribution in [3.63, 3.8) is 0 Å². The van der Waals surface area contributed by atoms with E-state index in [0.29, 0.717) is 5.41 Å². The van der Waals surface area contributed by atoms with Gasteiger partial charge in [0.05, 0.1) is 5.71 Å². The predicted molar refractivity (Wildman–Crippen MR) is 48.5 cm³/mol. The maximum Gasteiger partial charge on any atom is 0.0632 e. The average molecular weight is 167 g/mol. The molecule has 0 spiro atoms. The van der Waals surface area contributed by atoms with E-state index in [4.69, 9.17) is 5.21 Å². The van der Waals surface area contributed by atoms with Crippen molar-refractivity contribution in [3.8, 4) is 0 Å². The topological polar surface area (TPSA) is 32.6 Å². The minimum absolute atomic E-state index is 0.211. The van der Waals surface area contributed by atoms with E-state index < -0.39 is 0 Å². The van der Waals surface area contributed by atoms with Gasteiger partial charge in [-0.15, -0.1) is 0 Å². The Morgan fingerprint density at radius 2 is 2.08 bits per heavy atom. The summed E-state index contributed by atoms with van der Waals surface area (Å²) >= 11 is 0. The SMILES string of the molecule is CC1(C)C[C@]2(C)C[C@H]1C/C2=N/O. The zero-order valence-corrected chi connectivity index (χ0v) is 8.09. The van der Waals surface area contributed by atoms with Gasteiger partial charge in [-0.05, 0) is 30.6 Å². The predicted octanol–water partition coefficient (Wildman–Crippen LogP) is 2.66. The molecule has 1 N–H and O–H groups in total. The van der Waals surface area contributed by atoms with E-state index >= 15 is 0 Å². The number of nitrogens with zero attached hydrogens (tertiary/aromatic N) is 1. The second kappa shape index (κ2) is 2.04. The lowest BCUT2D eigenvalue weighted by Gasteiger charge is -2.33. The van der Waals surface area contributed by atoms with Crippen LogP contribution in [0.25, 0.3) is 0 Å². The van der Waals surface area contributed by atoms with Gasteiger partial charge < -0.3 is 5.21 Å². The van der Waals surface area contributed by atoms with Crippen molar-refractivity contribution >= 4 is 5.71 Å². The molecular weight excluding hydrogens is 150 g/mol. The van der Waals surface area contributed by atoms with Gasteiger partial charge in [-0.3, -0.25) is 0 Å². The van der Waals surface area contributed by atoms with Gasteiger partial charge >= 0.3 is 0 Å². The summed E-state index contributed by atoms with van der Waals surface area (Å²) in [6, 6.07) is 0. The highest BCUT2D eigenvalue weighted by atomic mass is 16.4. The van der Waals surface area contributed by atoms with Crippen LogP contribution < -0.4 is 0 Å². The van der Waals surface area contributed by atoms with Gasteiger partial charge in [0.2, 0.25) is 0 Å². The van der Waals surface area contributed by atoms with Crippen molar-refractivity contribution in [3.05, 3.63) is 0 Å². The zero-order valence-electron chi connectivity index (χ0n) is 8.09. The molecule has 12 heavy (non-hydrogen) atoms. The lowest BCUT2D eigenvalue weighted by molar-refractivity contribution is 0.237. The van der Waals surface area contributed by atoms with Gasteiger partial charge in [0.1, 0.15) is 0 Å². The summed E-state index contributed by atoms with van der Waals surface area (Å²) in [7, 11) is 0. The Hall–Kier alpha value is -0.530. The van der Waals surface area contributed by atoms with Crippen molar-refractivity contribution < 1.29 is 5.21 Å². The first-order valence-corrected chi connectivity index (χ1v) is 4.69. The lowest BCUT2D eigenvalue weighted by atomic mass is 9.72. The Balaban J connectivity index is 2.33. The maximum atomic E-state index is 8.81. The molecule has 0 amide bonds. The van der Waals surface area contributed by atoms with Gasteiger partial charge in [-0.2, -0.15) is 0 Å². The molecule has 0 aromatic carbocycles. The minimum Gasteiger partial charge on any atom is -0.411 e. The summed E-state index contributed by atoms with van der Waals surface area (Å²) in [5.41, 5.74) is 1.71. The van der Waals surface area contributed by atoms with E-state index in [1.807, 2.05) is 0 Å².